The number of hydrogen-bond donors (Lipinski definition) is 1. The minimum Gasteiger partial charge on any atom is -0.378 e. The molecule has 4 aliphatic rings. The summed E-state index contributed by atoms with van der Waals surface area (Å²) in [5.41, 5.74) is 5.50. The van der Waals surface area contributed by atoms with Crippen LogP contribution in [0.15, 0.2) is 48.8 Å². The second kappa shape index (κ2) is 9.58. The third kappa shape index (κ3) is 4.42. The minimum atomic E-state index is 0.595. The molecule has 3 saturated heterocycles. The van der Waals surface area contributed by atoms with Gasteiger partial charge in [-0.15, -0.1) is 0 Å². The molecule has 3 atom stereocenters. The standard InChI is InChI=1S/C29H35N7O/c1-20-16-23(4-6-26(20)35-10-11-36-24-5-2-21(17-24)27(36)19-35)32-29-30-9-8-25(33-29)22-3-7-28(31-18-22)34-12-14-37-15-13-34/h3-4,6-9,16,18,21,24,27H,2,5,10-15,17,19H2,1H3,(H,30,32,33)/t21-,24+,27?/m0/s1. The van der Waals surface area contributed by atoms with Crippen molar-refractivity contribution in [1.82, 2.24) is 19.9 Å². The van der Waals surface area contributed by atoms with E-state index in [0.717, 1.165) is 80.2 Å². The quantitative estimate of drug-likeness (QED) is 0.565. The van der Waals surface area contributed by atoms with Crippen LogP contribution in [0.3, 0.4) is 0 Å². The normalized spacial score (nSPS) is 25.4. The van der Waals surface area contributed by atoms with Crippen molar-refractivity contribution in [3.05, 3.63) is 54.4 Å². The van der Waals surface area contributed by atoms with Crippen LogP contribution in [0.25, 0.3) is 11.3 Å². The van der Waals surface area contributed by atoms with Crippen molar-refractivity contribution in [2.45, 2.75) is 38.3 Å². The van der Waals surface area contributed by atoms with Crippen LogP contribution in [0, 0.1) is 12.8 Å². The molecule has 3 aliphatic heterocycles. The van der Waals surface area contributed by atoms with Gasteiger partial charge in [-0.05, 0) is 74.1 Å². The van der Waals surface area contributed by atoms with Crippen molar-refractivity contribution in [3.8, 4) is 11.3 Å². The Morgan fingerprint density at radius 1 is 0.946 bits per heavy atom. The molecule has 3 aromatic rings. The lowest BCUT2D eigenvalue weighted by Crippen LogP contribution is -2.55. The molecule has 0 radical (unpaired) electrons. The second-order valence-corrected chi connectivity index (χ2v) is 10.9. The molecule has 1 unspecified atom stereocenters. The number of aromatic nitrogens is 3. The summed E-state index contributed by atoms with van der Waals surface area (Å²) in [5, 5.41) is 3.42. The largest absolute Gasteiger partial charge is 0.378 e. The van der Waals surface area contributed by atoms with Gasteiger partial charge in [0, 0.05) is 74.1 Å². The summed E-state index contributed by atoms with van der Waals surface area (Å²) in [6.45, 7) is 8.97. The Morgan fingerprint density at radius 2 is 1.86 bits per heavy atom. The summed E-state index contributed by atoms with van der Waals surface area (Å²) in [6.07, 6.45) is 7.96. The highest BCUT2D eigenvalue weighted by Crippen LogP contribution is 2.44. The zero-order chi connectivity index (χ0) is 24.8. The molecule has 2 bridgehead atoms. The highest BCUT2D eigenvalue weighted by atomic mass is 16.5. The van der Waals surface area contributed by atoms with Crippen LogP contribution in [0.2, 0.25) is 0 Å². The number of hydrogen-bond acceptors (Lipinski definition) is 8. The summed E-state index contributed by atoms with van der Waals surface area (Å²) in [5.74, 6) is 2.48. The van der Waals surface area contributed by atoms with Gasteiger partial charge in [0.25, 0.3) is 0 Å². The van der Waals surface area contributed by atoms with Crippen LogP contribution in [-0.4, -0.2) is 77.9 Å². The van der Waals surface area contributed by atoms with E-state index in [1.165, 1.54) is 37.1 Å². The molecule has 4 fully saturated rings. The van der Waals surface area contributed by atoms with E-state index in [0.29, 0.717) is 5.95 Å². The molecule has 1 aromatic carbocycles. The van der Waals surface area contributed by atoms with Gasteiger partial charge >= 0.3 is 0 Å². The van der Waals surface area contributed by atoms with Crippen molar-refractivity contribution >= 4 is 23.1 Å². The van der Waals surface area contributed by atoms with Gasteiger partial charge in [-0.1, -0.05) is 0 Å². The van der Waals surface area contributed by atoms with Crippen molar-refractivity contribution in [2.24, 2.45) is 5.92 Å². The van der Waals surface area contributed by atoms with Gasteiger partial charge in [-0.2, -0.15) is 0 Å². The number of anilines is 4. The van der Waals surface area contributed by atoms with Gasteiger partial charge in [-0.3, -0.25) is 4.90 Å². The summed E-state index contributed by atoms with van der Waals surface area (Å²) in [4.78, 5) is 21.6. The fraction of sp³-hybridized carbons (Fsp3) is 0.483. The Kier molecular flexibility index (Phi) is 5.93. The molecular weight excluding hydrogens is 462 g/mol. The molecule has 1 N–H and O–H groups in total. The van der Waals surface area contributed by atoms with Crippen LogP contribution >= 0.6 is 0 Å². The van der Waals surface area contributed by atoms with E-state index in [9.17, 15) is 0 Å². The van der Waals surface area contributed by atoms with Crippen LogP contribution in [0.4, 0.5) is 23.1 Å². The molecule has 8 heteroatoms. The average molecular weight is 498 g/mol. The van der Waals surface area contributed by atoms with E-state index >= 15 is 0 Å². The van der Waals surface area contributed by atoms with Crippen LogP contribution in [0.5, 0.6) is 0 Å². The van der Waals surface area contributed by atoms with E-state index < -0.39 is 0 Å². The first kappa shape index (κ1) is 22.9. The van der Waals surface area contributed by atoms with Gasteiger partial charge < -0.3 is 19.9 Å². The Morgan fingerprint density at radius 3 is 2.70 bits per heavy atom. The molecule has 192 valence electrons. The fourth-order valence-electron chi connectivity index (χ4n) is 6.87. The van der Waals surface area contributed by atoms with E-state index in [1.54, 1.807) is 6.20 Å². The Bertz CT molecular complexity index is 1260. The lowest BCUT2D eigenvalue weighted by molar-refractivity contribution is 0.122. The lowest BCUT2D eigenvalue weighted by Gasteiger charge is -2.45. The maximum absolute atomic E-state index is 5.45. The number of morpholine rings is 1. The lowest BCUT2D eigenvalue weighted by atomic mass is 9.96. The molecule has 37 heavy (non-hydrogen) atoms. The van der Waals surface area contributed by atoms with Crippen LogP contribution < -0.4 is 15.1 Å². The highest BCUT2D eigenvalue weighted by molar-refractivity contribution is 5.66. The Labute approximate surface area is 218 Å². The number of rotatable bonds is 5. The van der Waals surface area contributed by atoms with E-state index in [1.807, 2.05) is 12.3 Å². The number of pyridine rings is 1. The molecular formula is C29H35N7O. The van der Waals surface area contributed by atoms with E-state index in [2.05, 4.69) is 67.2 Å². The molecule has 1 saturated carbocycles. The summed E-state index contributed by atoms with van der Waals surface area (Å²) in [6, 6.07) is 14.3. The first-order chi connectivity index (χ1) is 18.2. The number of piperazine rings is 1. The number of fused-ring (bicyclic) bond motifs is 5. The second-order valence-electron chi connectivity index (χ2n) is 10.9. The number of aryl methyl sites for hydroxylation is 1. The number of nitrogens with one attached hydrogen (secondary N) is 1. The number of ether oxygens (including phenoxy) is 1. The van der Waals surface area contributed by atoms with Gasteiger partial charge in [0.05, 0.1) is 18.9 Å². The van der Waals surface area contributed by atoms with Crippen molar-refractivity contribution in [3.63, 3.8) is 0 Å². The highest BCUT2D eigenvalue weighted by Gasteiger charge is 2.47. The van der Waals surface area contributed by atoms with Gasteiger partial charge in [0.1, 0.15) is 5.82 Å². The summed E-state index contributed by atoms with van der Waals surface area (Å²) in [7, 11) is 0. The minimum absolute atomic E-state index is 0.595. The number of benzene rings is 1. The predicted molar refractivity (Wildman–Crippen MR) is 147 cm³/mol. The van der Waals surface area contributed by atoms with Crippen molar-refractivity contribution in [1.29, 1.82) is 0 Å². The smallest absolute Gasteiger partial charge is 0.227 e. The van der Waals surface area contributed by atoms with Crippen LogP contribution in [0.1, 0.15) is 24.8 Å². The van der Waals surface area contributed by atoms with Crippen molar-refractivity contribution in [2.75, 3.05) is 61.1 Å². The Hall–Kier alpha value is -3.23. The Balaban J connectivity index is 1.03. The first-order valence-corrected chi connectivity index (χ1v) is 13.7. The maximum atomic E-state index is 5.45. The third-order valence-electron chi connectivity index (χ3n) is 8.75. The monoisotopic (exact) mass is 497 g/mol. The molecule has 5 heterocycles. The third-order valence-corrected chi connectivity index (χ3v) is 8.75. The summed E-state index contributed by atoms with van der Waals surface area (Å²) < 4.78 is 5.45. The molecule has 0 spiro atoms. The SMILES string of the molecule is Cc1cc(Nc2nccc(-c3ccc(N4CCOCC4)nc3)n2)ccc1N1CCN2C(C1)[C@H]1CC[C@@H]2C1. The van der Waals surface area contributed by atoms with Gasteiger partial charge in [0.15, 0.2) is 0 Å². The molecule has 2 aromatic heterocycles. The molecule has 8 nitrogen and oxygen atoms in total. The van der Waals surface area contributed by atoms with E-state index in [-0.39, 0.29) is 0 Å². The summed E-state index contributed by atoms with van der Waals surface area (Å²) >= 11 is 0. The predicted octanol–water partition coefficient (Wildman–Crippen LogP) is 4.10. The van der Waals surface area contributed by atoms with Gasteiger partial charge in [0.2, 0.25) is 5.95 Å². The topological polar surface area (TPSA) is 69.6 Å². The molecule has 1 aliphatic carbocycles. The fourth-order valence-corrected chi connectivity index (χ4v) is 6.87. The zero-order valence-electron chi connectivity index (χ0n) is 21.5. The van der Waals surface area contributed by atoms with E-state index in [4.69, 9.17) is 9.72 Å². The number of piperidine rings is 1. The van der Waals surface area contributed by atoms with Gasteiger partial charge in [-0.25, -0.2) is 15.0 Å². The number of nitrogens with zero attached hydrogens (tertiary/aromatic N) is 6. The first-order valence-electron chi connectivity index (χ1n) is 13.7. The van der Waals surface area contributed by atoms with Crippen molar-refractivity contribution < 1.29 is 4.74 Å². The zero-order valence-corrected chi connectivity index (χ0v) is 21.5. The van der Waals surface area contributed by atoms with Crippen LogP contribution in [-0.2, 0) is 4.74 Å². The molecule has 7 rings (SSSR count). The maximum Gasteiger partial charge on any atom is 0.227 e. The molecule has 0 amide bonds. The average Bonchev–Trinajstić information content (AvgIpc) is 3.57.